The van der Waals surface area contributed by atoms with Crippen molar-refractivity contribution in [2.45, 2.75) is 27.2 Å². The fourth-order valence-corrected chi connectivity index (χ4v) is 4.48. The summed E-state index contributed by atoms with van der Waals surface area (Å²) in [5, 5.41) is 7.73. The highest BCUT2D eigenvalue weighted by Gasteiger charge is 2.10. The molecule has 29 heavy (non-hydrogen) atoms. The predicted octanol–water partition coefficient (Wildman–Crippen LogP) is 7.72. The number of hydrogen-bond acceptors (Lipinski definition) is 1. The van der Waals surface area contributed by atoms with Gasteiger partial charge in [0.25, 0.3) is 0 Å². The number of benzene rings is 4. The second-order valence-electron chi connectivity index (χ2n) is 8.50. The lowest BCUT2D eigenvalue weighted by atomic mass is 9.93. The lowest BCUT2D eigenvalue weighted by molar-refractivity contribution is 0.648. The number of fused-ring (bicyclic) bond motifs is 5. The predicted molar refractivity (Wildman–Crippen MR) is 125 cm³/mol. The molecule has 0 saturated heterocycles. The van der Waals surface area contributed by atoms with E-state index in [4.69, 9.17) is 4.98 Å². The molecule has 0 radical (unpaired) electrons. The van der Waals surface area contributed by atoms with Gasteiger partial charge in [-0.3, -0.25) is 4.98 Å². The minimum Gasteiger partial charge on any atom is -0.256 e. The van der Waals surface area contributed by atoms with E-state index in [-0.39, 0.29) is 0 Å². The number of aromatic nitrogens is 1. The minimum atomic E-state index is 0.671. The third-order valence-electron chi connectivity index (χ3n) is 5.76. The summed E-state index contributed by atoms with van der Waals surface area (Å²) < 4.78 is 0. The molecule has 5 aromatic rings. The Bertz CT molecular complexity index is 1360. The zero-order valence-corrected chi connectivity index (χ0v) is 17.2. The fourth-order valence-electron chi connectivity index (χ4n) is 4.48. The maximum absolute atomic E-state index is 4.73. The first-order chi connectivity index (χ1) is 14.1. The maximum Gasteiger partial charge on any atom is 0.0780 e. The molecule has 5 rings (SSSR count). The van der Waals surface area contributed by atoms with E-state index in [0.717, 1.165) is 12.1 Å². The maximum atomic E-state index is 4.73. The summed E-state index contributed by atoms with van der Waals surface area (Å²) in [5.41, 5.74) is 4.90. The van der Waals surface area contributed by atoms with Gasteiger partial charge in [0.15, 0.2) is 0 Å². The Balaban J connectivity index is 1.75. The van der Waals surface area contributed by atoms with Crippen LogP contribution in [0.3, 0.4) is 0 Å². The minimum absolute atomic E-state index is 0.671. The van der Waals surface area contributed by atoms with Gasteiger partial charge in [-0.1, -0.05) is 80.1 Å². The molecule has 142 valence electrons. The zero-order valence-electron chi connectivity index (χ0n) is 17.2. The summed E-state index contributed by atoms with van der Waals surface area (Å²) in [6.07, 6.45) is 3.06. The van der Waals surface area contributed by atoms with Crippen LogP contribution in [0.4, 0.5) is 0 Å². The Morgan fingerprint density at radius 1 is 0.724 bits per heavy atom. The van der Waals surface area contributed by atoms with Crippen molar-refractivity contribution >= 4 is 32.3 Å². The van der Waals surface area contributed by atoms with Gasteiger partial charge < -0.3 is 0 Å². The Kier molecular flexibility index (Phi) is 4.32. The molecule has 0 aliphatic rings. The van der Waals surface area contributed by atoms with Gasteiger partial charge in [-0.15, -0.1) is 0 Å². The zero-order chi connectivity index (χ0) is 20.0. The quantitative estimate of drug-likeness (QED) is 0.294. The molecule has 0 unspecified atom stereocenters. The van der Waals surface area contributed by atoms with Crippen LogP contribution in [0.1, 0.15) is 25.0 Å². The first kappa shape index (κ1) is 17.9. The second-order valence-corrected chi connectivity index (χ2v) is 8.50. The van der Waals surface area contributed by atoms with Crippen LogP contribution in [0, 0.1) is 12.8 Å². The Morgan fingerprint density at radius 2 is 1.45 bits per heavy atom. The molecular weight excluding hydrogens is 350 g/mol. The molecule has 0 bridgehead atoms. The van der Waals surface area contributed by atoms with Gasteiger partial charge in [0.1, 0.15) is 0 Å². The van der Waals surface area contributed by atoms with Crippen molar-refractivity contribution in [3.8, 4) is 11.3 Å². The van der Waals surface area contributed by atoms with E-state index in [1.54, 1.807) is 0 Å². The Hall–Kier alpha value is -3.19. The topological polar surface area (TPSA) is 12.9 Å². The van der Waals surface area contributed by atoms with Gasteiger partial charge >= 0.3 is 0 Å². The van der Waals surface area contributed by atoms with Gasteiger partial charge in [-0.2, -0.15) is 0 Å². The highest BCUT2D eigenvalue weighted by atomic mass is 14.7. The van der Waals surface area contributed by atoms with Crippen LogP contribution in [-0.2, 0) is 6.42 Å². The summed E-state index contributed by atoms with van der Waals surface area (Å²) >= 11 is 0. The van der Waals surface area contributed by atoms with Crippen LogP contribution in [0.25, 0.3) is 43.6 Å². The van der Waals surface area contributed by atoms with Gasteiger partial charge in [-0.05, 0) is 63.9 Å². The van der Waals surface area contributed by atoms with E-state index < -0.39 is 0 Å². The average Bonchev–Trinajstić information content (AvgIpc) is 2.72. The van der Waals surface area contributed by atoms with Crippen molar-refractivity contribution in [3.05, 3.63) is 90.1 Å². The van der Waals surface area contributed by atoms with E-state index in [1.807, 2.05) is 6.20 Å². The van der Waals surface area contributed by atoms with E-state index in [1.165, 1.54) is 49.0 Å². The SMILES string of the molecule is Cc1cccc(-c2nccc3c2ccc2c4ccc(CC(C)C)cc4ccc32)c1. The third-order valence-corrected chi connectivity index (χ3v) is 5.76. The summed E-state index contributed by atoms with van der Waals surface area (Å²) in [5.74, 6) is 0.671. The molecule has 1 aromatic heterocycles. The number of aryl methyl sites for hydroxylation is 1. The summed E-state index contributed by atoms with van der Waals surface area (Å²) in [6, 6.07) is 26.7. The number of rotatable bonds is 3. The smallest absolute Gasteiger partial charge is 0.0780 e. The lowest BCUT2D eigenvalue weighted by Gasteiger charge is -2.12. The largest absolute Gasteiger partial charge is 0.256 e. The molecule has 0 atom stereocenters. The number of hydrogen-bond donors (Lipinski definition) is 0. The molecule has 0 fully saturated rings. The van der Waals surface area contributed by atoms with Gasteiger partial charge in [-0.25, -0.2) is 0 Å². The molecule has 0 amide bonds. The van der Waals surface area contributed by atoms with Crippen LogP contribution in [0.2, 0.25) is 0 Å². The van der Waals surface area contributed by atoms with Crippen LogP contribution < -0.4 is 0 Å². The van der Waals surface area contributed by atoms with Crippen molar-refractivity contribution < 1.29 is 0 Å². The fraction of sp³-hybridized carbons (Fsp3) is 0.179. The van der Waals surface area contributed by atoms with Crippen molar-refractivity contribution in [1.29, 1.82) is 0 Å². The molecule has 0 spiro atoms. The summed E-state index contributed by atoms with van der Waals surface area (Å²) in [6.45, 7) is 6.68. The Morgan fingerprint density at radius 3 is 2.28 bits per heavy atom. The molecule has 1 heteroatoms. The van der Waals surface area contributed by atoms with Crippen LogP contribution in [0.15, 0.2) is 79.0 Å². The third kappa shape index (κ3) is 3.17. The van der Waals surface area contributed by atoms with Crippen molar-refractivity contribution in [2.24, 2.45) is 5.92 Å². The molecule has 1 nitrogen and oxygen atoms in total. The van der Waals surface area contributed by atoms with Crippen LogP contribution >= 0.6 is 0 Å². The molecule has 0 aliphatic heterocycles. The highest BCUT2D eigenvalue weighted by Crippen LogP contribution is 2.35. The van der Waals surface area contributed by atoms with Crippen molar-refractivity contribution in [3.63, 3.8) is 0 Å². The average molecular weight is 376 g/mol. The van der Waals surface area contributed by atoms with Gasteiger partial charge in [0.2, 0.25) is 0 Å². The standard InChI is InChI=1S/C28H25N/c1-18(2)15-20-7-9-23-21(17-20)8-10-25-24(23)11-12-27-26(25)13-14-29-28(27)22-6-4-5-19(3)16-22/h4-14,16-18H,15H2,1-3H3. The van der Waals surface area contributed by atoms with Crippen LogP contribution in [0.5, 0.6) is 0 Å². The van der Waals surface area contributed by atoms with E-state index in [0.29, 0.717) is 5.92 Å². The Labute approximate surface area is 172 Å². The molecular formula is C28H25N. The highest BCUT2D eigenvalue weighted by molar-refractivity contribution is 6.18. The number of pyridine rings is 1. The summed E-state index contributed by atoms with van der Waals surface area (Å²) in [4.78, 5) is 4.73. The van der Waals surface area contributed by atoms with Crippen molar-refractivity contribution in [2.75, 3.05) is 0 Å². The molecule has 0 saturated carbocycles. The molecule has 4 aromatic carbocycles. The van der Waals surface area contributed by atoms with Crippen molar-refractivity contribution in [1.82, 2.24) is 4.98 Å². The van der Waals surface area contributed by atoms with E-state index in [9.17, 15) is 0 Å². The first-order valence-corrected chi connectivity index (χ1v) is 10.4. The van der Waals surface area contributed by atoms with Gasteiger partial charge in [0, 0.05) is 17.1 Å². The van der Waals surface area contributed by atoms with Crippen LogP contribution in [-0.4, -0.2) is 4.98 Å². The molecule has 0 aliphatic carbocycles. The molecule has 0 N–H and O–H groups in total. The van der Waals surface area contributed by atoms with E-state index in [2.05, 4.69) is 93.6 Å². The number of nitrogens with zero attached hydrogens (tertiary/aromatic N) is 1. The lowest BCUT2D eigenvalue weighted by Crippen LogP contribution is -1.93. The second kappa shape index (κ2) is 7.00. The normalized spacial score (nSPS) is 11.7. The monoisotopic (exact) mass is 375 g/mol. The summed E-state index contributed by atoms with van der Waals surface area (Å²) in [7, 11) is 0. The van der Waals surface area contributed by atoms with E-state index >= 15 is 0 Å². The van der Waals surface area contributed by atoms with Gasteiger partial charge in [0.05, 0.1) is 5.69 Å². The first-order valence-electron chi connectivity index (χ1n) is 10.4. The molecule has 1 heterocycles.